The van der Waals surface area contributed by atoms with Crippen molar-refractivity contribution in [3.05, 3.63) is 12.2 Å². The van der Waals surface area contributed by atoms with Crippen molar-refractivity contribution in [2.45, 2.75) is 6.92 Å². The van der Waals surface area contributed by atoms with Gasteiger partial charge in [0, 0.05) is 11.3 Å². The van der Waals surface area contributed by atoms with Gasteiger partial charge in [-0.25, -0.2) is 4.79 Å². The summed E-state index contributed by atoms with van der Waals surface area (Å²) < 4.78 is 4.64. The van der Waals surface area contributed by atoms with Crippen molar-refractivity contribution in [3.63, 3.8) is 0 Å². The van der Waals surface area contributed by atoms with E-state index in [0.717, 1.165) is 0 Å². The second kappa shape index (κ2) is 8.29. The molecule has 0 aromatic rings. The molecule has 0 aromatic carbocycles. The molecule has 10 heavy (non-hydrogen) atoms. The van der Waals surface area contributed by atoms with Crippen LogP contribution in [0.15, 0.2) is 12.2 Å². The zero-order valence-corrected chi connectivity index (χ0v) is 10.4. The van der Waals surface area contributed by atoms with Gasteiger partial charge in [0.25, 0.3) is 0 Å². The zero-order valence-electron chi connectivity index (χ0n) is 7.39. The SMILES string of the molecule is C=C(C)C(=O)OCCS.[H-].[K+]. The maximum atomic E-state index is 10.5. The number of carbonyl (C=O) groups is 1. The van der Waals surface area contributed by atoms with Crippen molar-refractivity contribution >= 4 is 18.6 Å². The minimum absolute atomic E-state index is 0. The van der Waals surface area contributed by atoms with Gasteiger partial charge in [0.2, 0.25) is 0 Å². The quantitative estimate of drug-likeness (QED) is 0.242. The van der Waals surface area contributed by atoms with E-state index >= 15 is 0 Å². The zero-order chi connectivity index (χ0) is 7.28. The molecule has 0 atom stereocenters. The Morgan fingerprint density at radius 2 is 2.30 bits per heavy atom. The Hall–Kier alpha value is 1.20. The van der Waals surface area contributed by atoms with Crippen LogP contribution >= 0.6 is 12.6 Å². The molecule has 0 unspecified atom stereocenters. The molecule has 0 spiro atoms. The van der Waals surface area contributed by atoms with E-state index in [2.05, 4.69) is 23.9 Å². The van der Waals surface area contributed by atoms with Crippen molar-refractivity contribution in [2.24, 2.45) is 0 Å². The minimum atomic E-state index is -0.343. The van der Waals surface area contributed by atoms with Crippen molar-refractivity contribution in [3.8, 4) is 0 Å². The van der Waals surface area contributed by atoms with E-state index in [1.807, 2.05) is 0 Å². The summed E-state index contributed by atoms with van der Waals surface area (Å²) in [6.45, 7) is 5.38. The van der Waals surface area contributed by atoms with Gasteiger partial charge in [-0.15, -0.1) is 0 Å². The third kappa shape index (κ3) is 7.31. The van der Waals surface area contributed by atoms with Crippen LogP contribution in [0.25, 0.3) is 0 Å². The molecule has 2 nitrogen and oxygen atoms in total. The first-order chi connectivity index (χ1) is 4.18. The summed E-state index contributed by atoms with van der Waals surface area (Å²) in [5, 5.41) is 0. The number of thiol groups is 1. The second-order valence-electron chi connectivity index (χ2n) is 1.64. The summed E-state index contributed by atoms with van der Waals surface area (Å²) in [5.41, 5.74) is 0.428. The summed E-state index contributed by atoms with van der Waals surface area (Å²) in [6.07, 6.45) is 0. The first kappa shape index (κ1) is 13.8. The molecule has 0 heterocycles. The average molecular weight is 186 g/mol. The van der Waals surface area contributed by atoms with E-state index in [4.69, 9.17) is 0 Å². The third-order valence-corrected chi connectivity index (χ3v) is 0.855. The molecule has 0 aliphatic carbocycles. The number of hydrogen-bond donors (Lipinski definition) is 1. The van der Waals surface area contributed by atoms with Crippen LogP contribution in [-0.2, 0) is 9.53 Å². The van der Waals surface area contributed by atoms with Crippen LogP contribution in [0.1, 0.15) is 8.35 Å². The molecule has 0 radical (unpaired) electrons. The maximum Gasteiger partial charge on any atom is 1.00 e. The van der Waals surface area contributed by atoms with Crippen LogP contribution in [0, 0.1) is 0 Å². The molecule has 0 aromatic heterocycles. The molecule has 0 aliphatic rings. The molecule has 0 aliphatic heterocycles. The Kier molecular flexibility index (Phi) is 11.4. The molecule has 0 bridgehead atoms. The van der Waals surface area contributed by atoms with Gasteiger partial charge in [0.15, 0.2) is 0 Å². The van der Waals surface area contributed by atoms with Gasteiger partial charge in [0.05, 0.1) is 0 Å². The largest absolute Gasteiger partial charge is 1.00 e. The fourth-order valence-corrected chi connectivity index (χ4v) is 0.353. The van der Waals surface area contributed by atoms with Gasteiger partial charge < -0.3 is 6.16 Å². The van der Waals surface area contributed by atoms with Crippen LogP contribution in [0.3, 0.4) is 0 Å². The predicted molar refractivity (Wildman–Crippen MR) is 40.7 cm³/mol. The van der Waals surface area contributed by atoms with E-state index in [0.29, 0.717) is 17.9 Å². The molecule has 0 saturated carbocycles. The standard InChI is InChI=1S/C6H10O2S.K.H/c1-5(2)6(7)8-3-4-9;;/h9H,1,3-4H2,2H3;;/q;+1;-1. The maximum absolute atomic E-state index is 10.5. The van der Waals surface area contributed by atoms with Gasteiger partial charge >= 0.3 is 57.4 Å². The molecule has 0 fully saturated rings. The Morgan fingerprint density at radius 1 is 1.80 bits per heavy atom. The smallest absolute Gasteiger partial charge is 1.00 e. The number of esters is 1. The summed E-state index contributed by atoms with van der Waals surface area (Å²) in [7, 11) is 0. The van der Waals surface area contributed by atoms with Crippen LogP contribution in [-0.4, -0.2) is 18.3 Å². The van der Waals surface area contributed by atoms with E-state index < -0.39 is 0 Å². The normalized spacial score (nSPS) is 7.80. The molecule has 0 saturated heterocycles. The van der Waals surface area contributed by atoms with Gasteiger partial charge in [-0.1, -0.05) is 6.58 Å². The number of carbonyl (C=O) groups excluding carboxylic acids is 1. The summed E-state index contributed by atoms with van der Waals surface area (Å²) in [6, 6.07) is 0. The van der Waals surface area contributed by atoms with E-state index in [9.17, 15) is 4.79 Å². The summed E-state index contributed by atoms with van der Waals surface area (Å²) in [5.74, 6) is 0.211. The summed E-state index contributed by atoms with van der Waals surface area (Å²) in [4.78, 5) is 10.5. The fraction of sp³-hybridized carbons (Fsp3) is 0.500. The van der Waals surface area contributed by atoms with Gasteiger partial charge in [0.1, 0.15) is 6.61 Å². The first-order valence-corrected chi connectivity index (χ1v) is 3.25. The van der Waals surface area contributed by atoms with E-state index in [-0.39, 0.29) is 58.8 Å². The topological polar surface area (TPSA) is 26.3 Å². The van der Waals surface area contributed by atoms with E-state index in [1.54, 1.807) is 6.92 Å². The second-order valence-corrected chi connectivity index (χ2v) is 2.09. The molecular weight excluding hydrogens is 175 g/mol. The molecule has 4 heteroatoms. The molecular formula is C6H11KO2S. The van der Waals surface area contributed by atoms with Crippen molar-refractivity contribution < 1.29 is 62.3 Å². The molecule has 0 rings (SSSR count). The van der Waals surface area contributed by atoms with Crippen LogP contribution in [0.5, 0.6) is 0 Å². The number of hydrogen-bond acceptors (Lipinski definition) is 3. The van der Waals surface area contributed by atoms with Crippen LogP contribution in [0.4, 0.5) is 0 Å². The van der Waals surface area contributed by atoms with Crippen LogP contribution in [0.2, 0.25) is 0 Å². The van der Waals surface area contributed by atoms with Crippen LogP contribution < -0.4 is 51.4 Å². The number of rotatable bonds is 3. The monoisotopic (exact) mass is 186 g/mol. The van der Waals surface area contributed by atoms with Crippen molar-refractivity contribution in [2.75, 3.05) is 12.4 Å². The first-order valence-electron chi connectivity index (χ1n) is 2.62. The minimum Gasteiger partial charge on any atom is -1.00 e. The Balaban J connectivity index is -0.000000320. The molecule has 54 valence electrons. The van der Waals surface area contributed by atoms with Crippen molar-refractivity contribution in [1.29, 1.82) is 0 Å². The van der Waals surface area contributed by atoms with Gasteiger partial charge in [-0.2, -0.15) is 12.6 Å². The Labute approximate surface area is 111 Å². The van der Waals surface area contributed by atoms with Gasteiger partial charge in [-0.3, -0.25) is 0 Å². The molecule has 0 amide bonds. The van der Waals surface area contributed by atoms with Crippen molar-refractivity contribution in [1.82, 2.24) is 0 Å². The summed E-state index contributed by atoms with van der Waals surface area (Å²) >= 11 is 3.86. The Morgan fingerprint density at radius 3 is 2.60 bits per heavy atom. The third-order valence-electron chi connectivity index (χ3n) is 0.673. The van der Waals surface area contributed by atoms with E-state index in [1.165, 1.54) is 0 Å². The Bertz CT molecular complexity index is 130. The fourth-order valence-electron chi connectivity index (χ4n) is 0.262. The number of ether oxygens (including phenoxy) is 1. The predicted octanol–water partition coefficient (Wildman–Crippen LogP) is -1.85. The average Bonchev–Trinajstić information content (AvgIpc) is 1.82. The molecule has 0 N–H and O–H groups in total. The van der Waals surface area contributed by atoms with Gasteiger partial charge in [-0.05, 0) is 6.92 Å².